The number of nitrogens with one attached hydrogen (secondary N) is 2. The summed E-state index contributed by atoms with van der Waals surface area (Å²) >= 11 is 0. The number of piperazine rings is 1. The number of rotatable bonds is 3. The van der Waals surface area contributed by atoms with Crippen LogP contribution < -0.4 is 15.5 Å². The van der Waals surface area contributed by atoms with Crippen LogP contribution in [-0.2, 0) is 6.54 Å². The van der Waals surface area contributed by atoms with Gasteiger partial charge in [0, 0.05) is 43.8 Å². The van der Waals surface area contributed by atoms with Gasteiger partial charge in [0.2, 0.25) is 5.95 Å². The minimum atomic E-state index is -0.694. The second-order valence-corrected chi connectivity index (χ2v) is 9.27. The molecule has 2 atom stereocenters. The number of aryl methyl sites for hydroxylation is 1. The lowest BCUT2D eigenvalue weighted by Crippen LogP contribution is -2.50. The summed E-state index contributed by atoms with van der Waals surface area (Å²) in [5.74, 6) is 1.23. The van der Waals surface area contributed by atoms with Gasteiger partial charge < -0.3 is 24.8 Å². The molecule has 5 rings (SSSR count). The van der Waals surface area contributed by atoms with Crippen LogP contribution in [0.3, 0.4) is 0 Å². The lowest BCUT2D eigenvalue weighted by molar-refractivity contribution is 0.129. The summed E-state index contributed by atoms with van der Waals surface area (Å²) in [4.78, 5) is 18.6. The van der Waals surface area contributed by atoms with E-state index in [9.17, 15) is 5.11 Å². The number of aromatic nitrogens is 4. The van der Waals surface area contributed by atoms with Crippen molar-refractivity contribution in [3.05, 3.63) is 36.3 Å². The molecule has 3 aromatic heterocycles. The minimum absolute atomic E-state index is 0.511. The molecule has 0 aliphatic carbocycles. The molecule has 0 amide bonds. The van der Waals surface area contributed by atoms with E-state index >= 15 is 0 Å². The maximum Gasteiger partial charge on any atom is 0.230 e. The summed E-state index contributed by atoms with van der Waals surface area (Å²) in [6.07, 6.45) is 7.55. The number of fused-ring (bicyclic) bond motifs is 3. The average Bonchev–Trinajstić information content (AvgIpc) is 3.19. The summed E-state index contributed by atoms with van der Waals surface area (Å²) < 4.78 is 2.12. The largest absolute Gasteiger partial charge is 0.373 e. The van der Waals surface area contributed by atoms with Gasteiger partial charge in [0.15, 0.2) is 0 Å². The number of anilines is 3. The third-order valence-corrected chi connectivity index (χ3v) is 6.91. The summed E-state index contributed by atoms with van der Waals surface area (Å²) in [5, 5.41) is 18.0. The molecule has 1 fully saturated rings. The van der Waals surface area contributed by atoms with E-state index in [4.69, 9.17) is 4.98 Å². The highest BCUT2D eigenvalue weighted by atomic mass is 16.3. The van der Waals surface area contributed by atoms with E-state index in [0.29, 0.717) is 12.0 Å². The van der Waals surface area contributed by atoms with Crippen LogP contribution in [0.15, 0.2) is 30.6 Å². The summed E-state index contributed by atoms with van der Waals surface area (Å²) in [6.45, 7) is 6.98. The van der Waals surface area contributed by atoms with Crippen LogP contribution in [0.5, 0.6) is 0 Å². The summed E-state index contributed by atoms with van der Waals surface area (Å²) in [5.41, 5.74) is 2.83. The third-order valence-electron chi connectivity index (χ3n) is 6.91. The van der Waals surface area contributed by atoms with Crippen molar-refractivity contribution in [2.45, 2.75) is 51.4 Å². The zero-order valence-electron chi connectivity index (χ0n) is 19.5. The number of nitrogens with zero attached hydrogens (tertiary/aromatic N) is 6. The molecule has 2 aliphatic heterocycles. The molecule has 0 spiro atoms. The maximum atomic E-state index is 10.6. The molecule has 176 valence electrons. The van der Waals surface area contributed by atoms with Crippen molar-refractivity contribution in [3.8, 4) is 0 Å². The van der Waals surface area contributed by atoms with Crippen molar-refractivity contribution in [2.24, 2.45) is 0 Å². The van der Waals surface area contributed by atoms with Crippen LogP contribution in [-0.4, -0.2) is 68.8 Å². The van der Waals surface area contributed by atoms with E-state index in [-0.39, 0.29) is 0 Å². The van der Waals surface area contributed by atoms with Crippen LogP contribution in [0, 0.1) is 0 Å². The number of likely N-dealkylation sites (N-methyl/N-ethyl adjacent to an activating group) is 1. The molecule has 1 unspecified atom stereocenters. The Morgan fingerprint density at radius 2 is 1.94 bits per heavy atom. The van der Waals surface area contributed by atoms with Gasteiger partial charge in [0.1, 0.15) is 17.7 Å². The van der Waals surface area contributed by atoms with Gasteiger partial charge >= 0.3 is 0 Å². The molecule has 0 bridgehead atoms. The Morgan fingerprint density at radius 3 is 2.76 bits per heavy atom. The standard InChI is InChI=1S/C24H34N8O/c1-17-16-31(12-11-30(17)2)19-7-8-21(26-15-19)28-24-27-14-18-13-20-23(33)25-9-5-3-4-6-10-32(20)22(18)29-24/h7-8,13-15,17,23,25,33H,3-6,9-12,16H2,1-2H3,(H,26,27,28,29)/t17-,23?/m1/s1. The smallest absolute Gasteiger partial charge is 0.230 e. The second kappa shape index (κ2) is 9.62. The predicted molar refractivity (Wildman–Crippen MR) is 131 cm³/mol. The first-order valence-corrected chi connectivity index (χ1v) is 12.0. The Bertz CT molecular complexity index is 1080. The molecule has 0 saturated carbocycles. The maximum absolute atomic E-state index is 10.6. The normalized spacial score (nSPS) is 22.8. The highest BCUT2D eigenvalue weighted by Crippen LogP contribution is 2.26. The first kappa shape index (κ1) is 22.1. The van der Waals surface area contributed by atoms with Gasteiger partial charge in [-0.15, -0.1) is 0 Å². The molecule has 9 heteroatoms. The van der Waals surface area contributed by atoms with Gasteiger partial charge in [0.05, 0.1) is 17.6 Å². The Morgan fingerprint density at radius 1 is 1.06 bits per heavy atom. The van der Waals surface area contributed by atoms with Gasteiger partial charge in [-0.3, -0.25) is 5.32 Å². The molecular weight excluding hydrogens is 416 g/mol. The first-order chi connectivity index (χ1) is 16.1. The SMILES string of the molecule is C[C@@H]1CN(c2ccc(Nc3ncc4cc5n(c4n3)CCCCCCNC5O)nc2)CCN1C. The third kappa shape index (κ3) is 4.80. The number of hydrogen-bond donors (Lipinski definition) is 3. The monoisotopic (exact) mass is 450 g/mol. The van der Waals surface area contributed by atoms with E-state index in [1.807, 2.05) is 24.5 Å². The number of hydrogen-bond acceptors (Lipinski definition) is 8. The van der Waals surface area contributed by atoms with Crippen LogP contribution in [0.1, 0.15) is 44.5 Å². The van der Waals surface area contributed by atoms with E-state index in [1.54, 1.807) is 0 Å². The van der Waals surface area contributed by atoms with Crippen LogP contribution in [0.2, 0.25) is 0 Å². The minimum Gasteiger partial charge on any atom is -0.373 e. The van der Waals surface area contributed by atoms with Crippen molar-refractivity contribution in [3.63, 3.8) is 0 Å². The molecular formula is C24H34N8O. The van der Waals surface area contributed by atoms with E-state index in [2.05, 4.69) is 55.0 Å². The van der Waals surface area contributed by atoms with Crippen molar-refractivity contribution >= 4 is 28.5 Å². The predicted octanol–water partition coefficient (Wildman–Crippen LogP) is 2.86. The molecule has 0 aromatic carbocycles. The average molecular weight is 451 g/mol. The van der Waals surface area contributed by atoms with Crippen molar-refractivity contribution in [1.29, 1.82) is 0 Å². The van der Waals surface area contributed by atoms with Gasteiger partial charge in [-0.25, -0.2) is 9.97 Å². The Balaban J connectivity index is 1.35. The lowest BCUT2D eigenvalue weighted by Gasteiger charge is -2.38. The fraction of sp³-hybridized carbons (Fsp3) is 0.542. The van der Waals surface area contributed by atoms with Crippen molar-refractivity contribution < 1.29 is 5.11 Å². The molecule has 9 nitrogen and oxygen atoms in total. The molecule has 2 aliphatic rings. The zero-order valence-corrected chi connectivity index (χ0v) is 19.5. The molecule has 3 N–H and O–H groups in total. The van der Waals surface area contributed by atoms with Crippen LogP contribution in [0.25, 0.3) is 11.0 Å². The molecule has 1 saturated heterocycles. The van der Waals surface area contributed by atoms with Gasteiger partial charge in [-0.2, -0.15) is 4.98 Å². The van der Waals surface area contributed by atoms with Crippen LogP contribution >= 0.6 is 0 Å². The topological polar surface area (TPSA) is 94.4 Å². The Hall–Kier alpha value is -2.75. The summed E-state index contributed by atoms with van der Waals surface area (Å²) in [7, 11) is 2.18. The van der Waals surface area contributed by atoms with Gasteiger partial charge in [-0.1, -0.05) is 12.8 Å². The Labute approximate surface area is 194 Å². The fourth-order valence-corrected chi connectivity index (χ4v) is 4.72. The summed E-state index contributed by atoms with van der Waals surface area (Å²) in [6, 6.07) is 6.60. The number of aliphatic hydroxyl groups is 1. The highest BCUT2D eigenvalue weighted by Gasteiger charge is 2.21. The molecule has 0 radical (unpaired) electrons. The van der Waals surface area contributed by atoms with E-state index in [1.165, 1.54) is 12.8 Å². The fourth-order valence-electron chi connectivity index (χ4n) is 4.72. The highest BCUT2D eigenvalue weighted by molar-refractivity contribution is 5.78. The second-order valence-electron chi connectivity index (χ2n) is 9.27. The zero-order chi connectivity index (χ0) is 22.8. The molecule has 3 aromatic rings. The number of pyridine rings is 1. The quantitative estimate of drug-likeness (QED) is 0.561. The van der Waals surface area contributed by atoms with Crippen molar-refractivity contribution in [1.82, 2.24) is 29.7 Å². The Kier molecular flexibility index (Phi) is 6.43. The number of aliphatic hydroxyl groups excluding tert-OH is 1. The van der Waals surface area contributed by atoms with Gasteiger partial charge in [-0.05, 0) is 51.6 Å². The first-order valence-electron chi connectivity index (χ1n) is 12.0. The van der Waals surface area contributed by atoms with E-state index in [0.717, 1.165) is 73.8 Å². The molecule has 5 heterocycles. The van der Waals surface area contributed by atoms with E-state index < -0.39 is 6.23 Å². The van der Waals surface area contributed by atoms with Crippen molar-refractivity contribution in [2.75, 3.05) is 43.4 Å². The van der Waals surface area contributed by atoms with Crippen LogP contribution in [0.4, 0.5) is 17.5 Å². The lowest BCUT2D eigenvalue weighted by atomic mass is 10.1. The molecule has 33 heavy (non-hydrogen) atoms. The van der Waals surface area contributed by atoms with Gasteiger partial charge in [0.25, 0.3) is 0 Å².